The lowest BCUT2D eigenvalue weighted by Crippen LogP contribution is -2.62. The lowest BCUT2D eigenvalue weighted by Gasteiger charge is -2.46. The summed E-state index contributed by atoms with van der Waals surface area (Å²) in [6.45, 7) is 7.75. The third-order valence-corrected chi connectivity index (χ3v) is 8.86. The van der Waals surface area contributed by atoms with Crippen LogP contribution in [0.15, 0.2) is 0 Å². The van der Waals surface area contributed by atoms with Crippen LogP contribution in [0.3, 0.4) is 0 Å². The van der Waals surface area contributed by atoms with Crippen molar-refractivity contribution in [1.82, 2.24) is 0 Å². The van der Waals surface area contributed by atoms with E-state index in [1.807, 2.05) is 0 Å². The summed E-state index contributed by atoms with van der Waals surface area (Å²) in [5.74, 6) is -6.37. The van der Waals surface area contributed by atoms with Gasteiger partial charge >= 0.3 is 47.8 Å². The van der Waals surface area contributed by atoms with Crippen LogP contribution in [0.2, 0.25) is 0 Å². The van der Waals surface area contributed by atoms with Crippen molar-refractivity contribution in [2.24, 2.45) is 0 Å². The van der Waals surface area contributed by atoms with Crippen molar-refractivity contribution in [1.29, 1.82) is 0 Å². The smallest absolute Gasteiger partial charge is 0.303 e. The van der Waals surface area contributed by atoms with E-state index >= 15 is 0 Å². The first-order chi connectivity index (χ1) is 22.4. The summed E-state index contributed by atoms with van der Waals surface area (Å²) in [7, 11) is 1.62. The van der Waals surface area contributed by atoms with Gasteiger partial charge in [-0.15, -0.1) is 0 Å². The van der Waals surface area contributed by atoms with Crippen molar-refractivity contribution in [3.8, 4) is 0 Å². The molecule has 270 valence electrons. The monoisotopic (exact) mass is 726 g/mol. The highest BCUT2D eigenvalue weighted by molar-refractivity contribution is 8.77. The van der Waals surface area contributed by atoms with Gasteiger partial charge in [-0.3, -0.25) is 38.4 Å². The Morgan fingerprint density at radius 1 is 0.396 bits per heavy atom. The SMILES string of the molecule is CC(=O)OC[C@H]1O[C@@H](SS[C@@H]2O[C@H](COC(C)=O)[C@@H](OC(C)=O)[C@H](OC(C)=O)[C@H]2OC(C)=O)[C@H](OC(C)=O)[C@@H](OC(C)=O)[C@@H]1OC(C)=O. The molecule has 0 N–H and O–H groups in total. The van der Waals surface area contributed by atoms with E-state index in [-0.39, 0.29) is 0 Å². The number of hydrogen-bond acceptors (Lipinski definition) is 20. The van der Waals surface area contributed by atoms with Crippen molar-refractivity contribution in [3.63, 3.8) is 0 Å². The van der Waals surface area contributed by atoms with Crippen LogP contribution in [0.25, 0.3) is 0 Å². The minimum atomic E-state index is -1.46. The first kappa shape index (κ1) is 40.6. The zero-order valence-corrected chi connectivity index (χ0v) is 29.0. The van der Waals surface area contributed by atoms with Crippen molar-refractivity contribution in [2.45, 2.75) is 115 Å². The Balaban J connectivity index is 2.57. The lowest BCUT2D eigenvalue weighted by molar-refractivity contribution is -0.238. The average Bonchev–Trinajstić information content (AvgIpc) is 2.93. The standard InChI is InChI=1S/C28H38O18S2/c1-11(29)37-9-19-21(39-13(3)31)23(41-15(5)33)25(43-17(7)35)27(45-19)47-48-28-26(44-18(8)36)24(42-16(6)34)22(40-14(4)32)20(46-28)10-38-12(2)30/h19-28H,9-10H2,1-8H3/t19-,20-,21-,22-,23+,24+,25-,26-,27+,28+/m1/s1. The van der Waals surface area contributed by atoms with Gasteiger partial charge in [-0.05, 0) is 0 Å². The average molecular weight is 727 g/mol. The molecule has 2 aliphatic rings. The Morgan fingerprint density at radius 3 is 0.896 bits per heavy atom. The van der Waals surface area contributed by atoms with E-state index in [4.69, 9.17) is 47.4 Å². The van der Waals surface area contributed by atoms with Crippen LogP contribution in [-0.2, 0) is 85.7 Å². The van der Waals surface area contributed by atoms with Crippen LogP contribution in [0, 0.1) is 0 Å². The van der Waals surface area contributed by atoms with Gasteiger partial charge in [0.1, 0.15) is 25.4 Å². The second kappa shape index (κ2) is 18.8. The van der Waals surface area contributed by atoms with E-state index in [2.05, 4.69) is 0 Å². The highest BCUT2D eigenvalue weighted by Crippen LogP contribution is 2.45. The minimum Gasteiger partial charge on any atom is -0.463 e. The Bertz CT molecular complexity index is 1130. The number of esters is 8. The van der Waals surface area contributed by atoms with Crippen LogP contribution in [0.1, 0.15) is 55.4 Å². The van der Waals surface area contributed by atoms with Crippen molar-refractivity contribution in [3.05, 3.63) is 0 Å². The highest BCUT2D eigenvalue weighted by atomic mass is 33.1. The molecule has 2 fully saturated rings. The predicted octanol–water partition coefficient (Wildman–Crippen LogP) is 0.534. The molecule has 20 heteroatoms. The second-order valence-electron chi connectivity index (χ2n) is 10.3. The number of carbonyl (C=O) groups is 8. The summed E-state index contributed by atoms with van der Waals surface area (Å²) >= 11 is 0. The Labute approximate surface area is 283 Å². The van der Waals surface area contributed by atoms with E-state index in [1.165, 1.54) is 0 Å². The molecule has 18 nitrogen and oxygen atoms in total. The van der Waals surface area contributed by atoms with Crippen molar-refractivity contribution < 1.29 is 85.7 Å². The predicted molar refractivity (Wildman–Crippen MR) is 159 cm³/mol. The zero-order valence-electron chi connectivity index (χ0n) is 27.4. The first-order valence-electron chi connectivity index (χ1n) is 14.3. The summed E-state index contributed by atoms with van der Waals surface area (Å²) in [5.41, 5.74) is -2.55. The summed E-state index contributed by atoms with van der Waals surface area (Å²) in [4.78, 5) is 96.1. The topological polar surface area (TPSA) is 229 Å². The van der Waals surface area contributed by atoms with Gasteiger partial charge in [0.2, 0.25) is 0 Å². The zero-order chi connectivity index (χ0) is 36.3. The van der Waals surface area contributed by atoms with E-state index in [0.29, 0.717) is 0 Å². The van der Waals surface area contributed by atoms with Crippen LogP contribution in [-0.4, -0.2) is 121 Å². The molecule has 0 spiro atoms. The van der Waals surface area contributed by atoms with Gasteiger partial charge in [0.25, 0.3) is 0 Å². The van der Waals surface area contributed by atoms with Gasteiger partial charge < -0.3 is 47.4 Å². The van der Waals surface area contributed by atoms with Crippen LogP contribution >= 0.6 is 21.6 Å². The number of ether oxygens (including phenoxy) is 10. The molecule has 2 saturated heterocycles. The molecular weight excluding hydrogens is 688 g/mol. The maximum atomic E-state index is 12.2. The normalized spacial score (nSPS) is 29.7. The van der Waals surface area contributed by atoms with Gasteiger partial charge in [0.15, 0.2) is 47.5 Å². The first-order valence-corrected chi connectivity index (χ1v) is 16.6. The van der Waals surface area contributed by atoms with Crippen LogP contribution in [0.5, 0.6) is 0 Å². The molecule has 0 bridgehead atoms. The maximum Gasteiger partial charge on any atom is 0.303 e. The Morgan fingerprint density at radius 2 is 0.646 bits per heavy atom. The van der Waals surface area contributed by atoms with Crippen molar-refractivity contribution in [2.75, 3.05) is 13.2 Å². The molecule has 2 rings (SSSR count). The molecule has 0 aromatic rings. The number of carbonyl (C=O) groups excluding carboxylic acids is 8. The molecule has 48 heavy (non-hydrogen) atoms. The number of hydrogen-bond donors (Lipinski definition) is 0. The van der Waals surface area contributed by atoms with Gasteiger partial charge in [-0.1, -0.05) is 21.6 Å². The van der Waals surface area contributed by atoms with Crippen molar-refractivity contribution >= 4 is 69.3 Å². The molecule has 0 aromatic heterocycles. The van der Waals surface area contributed by atoms with Crippen LogP contribution in [0.4, 0.5) is 0 Å². The second-order valence-corrected chi connectivity index (χ2v) is 12.8. The largest absolute Gasteiger partial charge is 0.463 e. The summed E-state index contributed by atoms with van der Waals surface area (Å²) in [6, 6.07) is 0. The molecule has 0 unspecified atom stereocenters. The van der Waals surface area contributed by atoms with E-state index < -0.39 is 121 Å². The summed E-state index contributed by atoms with van der Waals surface area (Å²) in [6.07, 6.45) is -11.1. The molecule has 2 heterocycles. The number of rotatable bonds is 13. The fourth-order valence-electron chi connectivity index (χ4n) is 4.64. The summed E-state index contributed by atoms with van der Waals surface area (Å²) in [5, 5.41) is 0. The highest BCUT2D eigenvalue weighted by Gasteiger charge is 2.55. The Kier molecular flexibility index (Phi) is 15.9. The molecule has 0 aliphatic carbocycles. The molecule has 0 saturated carbocycles. The minimum absolute atomic E-state index is 0.474. The van der Waals surface area contributed by atoms with Gasteiger partial charge in [-0.25, -0.2) is 0 Å². The quantitative estimate of drug-likeness (QED) is 0.143. The fourth-order valence-corrected chi connectivity index (χ4v) is 7.46. The molecule has 2 aliphatic heterocycles. The maximum absolute atomic E-state index is 12.2. The molecule has 10 atom stereocenters. The van der Waals surface area contributed by atoms with E-state index in [9.17, 15) is 38.4 Å². The molecular formula is C28H38O18S2. The van der Waals surface area contributed by atoms with Crippen LogP contribution < -0.4 is 0 Å². The van der Waals surface area contributed by atoms with Gasteiger partial charge in [0.05, 0.1) is 0 Å². The third-order valence-electron chi connectivity index (χ3n) is 6.14. The van der Waals surface area contributed by atoms with Gasteiger partial charge in [0, 0.05) is 55.4 Å². The third kappa shape index (κ3) is 12.8. The lowest BCUT2D eigenvalue weighted by atomic mass is 9.99. The molecule has 0 aromatic carbocycles. The van der Waals surface area contributed by atoms with E-state index in [0.717, 1.165) is 77.0 Å². The summed E-state index contributed by atoms with van der Waals surface area (Å²) < 4.78 is 54.9. The van der Waals surface area contributed by atoms with E-state index in [1.54, 1.807) is 0 Å². The van der Waals surface area contributed by atoms with Gasteiger partial charge in [-0.2, -0.15) is 0 Å². The Hall–Kier alpha value is -3.62. The molecule has 0 amide bonds. The fraction of sp³-hybridized carbons (Fsp3) is 0.714. The molecule has 0 radical (unpaired) electrons.